The van der Waals surface area contributed by atoms with Gasteiger partial charge in [0.15, 0.2) is 0 Å². The third kappa shape index (κ3) is 2.78. The molecule has 0 fully saturated rings. The molecule has 0 aliphatic carbocycles. The van der Waals surface area contributed by atoms with Crippen LogP contribution in [0.1, 0.15) is 23.4 Å². The molecule has 1 aromatic heterocycles. The maximum atomic E-state index is 12.1. The first-order chi connectivity index (χ1) is 7.85. The van der Waals surface area contributed by atoms with Gasteiger partial charge in [-0.1, -0.05) is 0 Å². The summed E-state index contributed by atoms with van der Waals surface area (Å²) in [5.41, 5.74) is 3.71. The summed E-state index contributed by atoms with van der Waals surface area (Å²) in [6.45, 7) is 3.92. The van der Waals surface area contributed by atoms with Gasteiger partial charge in [-0.05, 0) is 37.1 Å². The highest BCUT2D eigenvalue weighted by molar-refractivity contribution is 5.77. The molecule has 5 heteroatoms. The van der Waals surface area contributed by atoms with Crippen LogP contribution in [0.2, 0.25) is 0 Å². The predicted molar refractivity (Wildman–Crippen MR) is 59.9 cm³/mol. The molecular weight excluding hydrogens is 229 g/mol. The van der Waals surface area contributed by atoms with Crippen molar-refractivity contribution in [3.8, 4) is 0 Å². The highest BCUT2D eigenvalue weighted by Crippen LogP contribution is 2.23. The Morgan fingerprint density at radius 3 is 2.47 bits per heavy atom. The average molecular weight is 242 g/mol. The van der Waals surface area contributed by atoms with Gasteiger partial charge in [-0.25, -0.2) is 4.98 Å². The molecule has 17 heavy (non-hydrogen) atoms. The lowest BCUT2D eigenvalue weighted by molar-refractivity contribution is -0.134. The summed E-state index contributed by atoms with van der Waals surface area (Å²) in [4.78, 5) is 7.09. The molecule has 2 nitrogen and oxygen atoms in total. The normalized spacial score (nSPS) is 12.3. The van der Waals surface area contributed by atoms with Crippen LogP contribution >= 0.6 is 0 Å². The van der Waals surface area contributed by atoms with Crippen LogP contribution in [0, 0.1) is 13.8 Å². The molecule has 0 radical (unpaired) electrons. The van der Waals surface area contributed by atoms with Gasteiger partial charge in [0.1, 0.15) is 5.82 Å². The van der Waals surface area contributed by atoms with Crippen LogP contribution < -0.4 is 0 Å². The number of aryl methyl sites for hydroxylation is 3. The number of hydrogen-bond donors (Lipinski definition) is 1. The maximum Gasteiger partial charge on any atom is 0.389 e. The Morgan fingerprint density at radius 2 is 1.82 bits per heavy atom. The number of alkyl halides is 3. The van der Waals surface area contributed by atoms with Crippen LogP contribution in [-0.4, -0.2) is 16.1 Å². The SMILES string of the molecule is Cc1cc2nc(CCC(F)(F)F)[nH]c2cc1C. The molecule has 0 bridgehead atoms. The van der Waals surface area contributed by atoms with Crippen LogP contribution in [0.5, 0.6) is 0 Å². The van der Waals surface area contributed by atoms with Crippen LogP contribution in [0.3, 0.4) is 0 Å². The Balaban J connectivity index is 2.26. The van der Waals surface area contributed by atoms with Gasteiger partial charge in [0.2, 0.25) is 0 Å². The number of rotatable bonds is 2. The van der Waals surface area contributed by atoms with Crippen molar-refractivity contribution in [1.82, 2.24) is 9.97 Å². The Kier molecular flexibility index (Phi) is 2.85. The van der Waals surface area contributed by atoms with Crippen molar-refractivity contribution in [1.29, 1.82) is 0 Å². The van der Waals surface area contributed by atoms with E-state index in [1.54, 1.807) is 0 Å². The summed E-state index contributed by atoms with van der Waals surface area (Å²) in [7, 11) is 0. The molecule has 92 valence electrons. The first kappa shape index (κ1) is 12.0. The van der Waals surface area contributed by atoms with Crippen molar-refractivity contribution < 1.29 is 13.2 Å². The van der Waals surface area contributed by atoms with E-state index in [-0.39, 0.29) is 6.42 Å². The molecule has 0 amide bonds. The van der Waals surface area contributed by atoms with E-state index >= 15 is 0 Å². The van der Waals surface area contributed by atoms with Gasteiger partial charge in [0, 0.05) is 6.42 Å². The van der Waals surface area contributed by atoms with Gasteiger partial charge in [-0.15, -0.1) is 0 Å². The molecule has 0 atom stereocenters. The highest BCUT2D eigenvalue weighted by atomic mass is 19.4. The third-order valence-electron chi connectivity index (χ3n) is 2.79. The van der Waals surface area contributed by atoms with E-state index in [9.17, 15) is 13.2 Å². The zero-order chi connectivity index (χ0) is 12.6. The van der Waals surface area contributed by atoms with E-state index in [1.165, 1.54) is 0 Å². The topological polar surface area (TPSA) is 28.7 Å². The molecule has 0 spiro atoms. The molecular formula is C12H13F3N2. The molecule has 0 saturated heterocycles. The zero-order valence-electron chi connectivity index (χ0n) is 9.65. The number of hydrogen-bond acceptors (Lipinski definition) is 1. The second-order valence-electron chi connectivity index (χ2n) is 4.25. The lowest BCUT2D eigenvalue weighted by Crippen LogP contribution is -2.09. The fourth-order valence-corrected chi connectivity index (χ4v) is 1.70. The minimum atomic E-state index is -4.13. The first-order valence-corrected chi connectivity index (χ1v) is 5.38. The predicted octanol–water partition coefficient (Wildman–Crippen LogP) is 3.67. The van der Waals surface area contributed by atoms with Crippen molar-refractivity contribution >= 4 is 11.0 Å². The Labute approximate surface area is 96.9 Å². The second kappa shape index (κ2) is 4.05. The van der Waals surface area contributed by atoms with Gasteiger partial charge < -0.3 is 4.98 Å². The number of benzene rings is 1. The molecule has 2 aromatic rings. The lowest BCUT2D eigenvalue weighted by atomic mass is 10.1. The van der Waals surface area contributed by atoms with Crippen LogP contribution in [0.25, 0.3) is 11.0 Å². The monoisotopic (exact) mass is 242 g/mol. The van der Waals surface area contributed by atoms with Gasteiger partial charge in [-0.2, -0.15) is 13.2 Å². The number of halogens is 3. The maximum absolute atomic E-state index is 12.1. The molecule has 0 unspecified atom stereocenters. The number of fused-ring (bicyclic) bond motifs is 1. The van der Waals surface area contributed by atoms with Crippen LogP contribution in [-0.2, 0) is 6.42 Å². The van der Waals surface area contributed by atoms with Crippen molar-refractivity contribution in [2.24, 2.45) is 0 Å². The molecule has 1 heterocycles. The van der Waals surface area contributed by atoms with Crippen molar-refractivity contribution in [2.45, 2.75) is 32.9 Å². The molecule has 0 saturated carbocycles. The summed E-state index contributed by atoms with van der Waals surface area (Å²) in [6.07, 6.45) is -5.08. The third-order valence-corrected chi connectivity index (χ3v) is 2.79. The Hall–Kier alpha value is -1.52. The van der Waals surface area contributed by atoms with E-state index in [2.05, 4.69) is 9.97 Å². The molecule has 1 N–H and O–H groups in total. The van der Waals surface area contributed by atoms with Gasteiger partial charge >= 0.3 is 6.18 Å². The first-order valence-electron chi connectivity index (χ1n) is 5.38. The minimum Gasteiger partial charge on any atom is -0.342 e. The smallest absolute Gasteiger partial charge is 0.342 e. The average Bonchev–Trinajstić information content (AvgIpc) is 2.57. The molecule has 1 aromatic carbocycles. The van der Waals surface area contributed by atoms with Crippen LogP contribution in [0.15, 0.2) is 12.1 Å². The van der Waals surface area contributed by atoms with E-state index < -0.39 is 12.6 Å². The summed E-state index contributed by atoms with van der Waals surface area (Å²) in [5, 5.41) is 0. The quantitative estimate of drug-likeness (QED) is 0.855. The highest BCUT2D eigenvalue weighted by Gasteiger charge is 2.27. The van der Waals surface area contributed by atoms with Crippen molar-refractivity contribution in [3.63, 3.8) is 0 Å². The van der Waals surface area contributed by atoms with E-state index in [0.717, 1.165) is 22.2 Å². The van der Waals surface area contributed by atoms with Gasteiger partial charge in [0.05, 0.1) is 17.5 Å². The van der Waals surface area contributed by atoms with Gasteiger partial charge in [-0.3, -0.25) is 0 Å². The summed E-state index contributed by atoms with van der Waals surface area (Å²) < 4.78 is 36.3. The fourth-order valence-electron chi connectivity index (χ4n) is 1.70. The minimum absolute atomic E-state index is 0.101. The van der Waals surface area contributed by atoms with Crippen LogP contribution in [0.4, 0.5) is 13.2 Å². The number of H-pyrrole nitrogens is 1. The zero-order valence-corrected chi connectivity index (χ0v) is 9.65. The summed E-state index contributed by atoms with van der Waals surface area (Å²) in [6, 6.07) is 3.80. The van der Waals surface area contributed by atoms with E-state index in [0.29, 0.717) is 5.82 Å². The van der Waals surface area contributed by atoms with Crippen molar-refractivity contribution in [2.75, 3.05) is 0 Å². The molecule has 2 rings (SSSR count). The summed E-state index contributed by atoms with van der Waals surface area (Å²) in [5.74, 6) is 0.391. The number of nitrogens with one attached hydrogen (secondary N) is 1. The number of aromatic nitrogens is 2. The van der Waals surface area contributed by atoms with E-state index in [4.69, 9.17) is 0 Å². The standard InChI is InChI=1S/C12H13F3N2/c1-7-5-9-10(6-8(7)2)17-11(16-9)3-4-12(13,14)15/h5-6H,3-4H2,1-2H3,(H,16,17). The Morgan fingerprint density at radius 1 is 1.18 bits per heavy atom. The Bertz CT molecular complexity index is 501. The fraction of sp³-hybridized carbons (Fsp3) is 0.417. The number of nitrogens with zero attached hydrogens (tertiary/aromatic N) is 1. The molecule has 0 aliphatic heterocycles. The number of imidazole rings is 1. The van der Waals surface area contributed by atoms with E-state index in [1.807, 2.05) is 26.0 Å². The van der Waals surface area contributed by atoms with Gasteiger partial charge in [0.25, 0.3) is 0 Å². The summed E-state index contributed by atoms with van der Waals surface area (Å²) >= 11 is 0. The molecule has 0 aliphatic rings. The largest absolute Gasteiger partial charge is 0.389 e. The second-order valence-corrected chi connectivity index (χ2v) is 4.25. The number of aromatic amines is 1. The van der Waals surface area contributed by atoms with Crippen molar-refractivity contribution in [3.05, 3.63) is 29.1 Å². The lowest BCUT2D eigenvalue weighted by Gasteiger charge is -2.02.